The summed E-state index contributed by atoms with van der Waals surface area (Å²) in [5.41, 5.74) is 0.0617. The molecule has 6 nitrogen and oxygen atoms in total. The van der Waals surface area contributed by atoms with Gasteiger partial charge < -0.3 is 9.84 Å². The molecule has 6 heteroatoms. The average Bonchev–Trinajstić information content (AvgIpc) is 2.98. The molecule has 0 bridgehead atoms. The molecule has 1 saturated heterocycles. The van der Waals surface area contributed by atoms with Crippen LogP contribution in [0.4, 0.5) is 0 Å². The molecule has 0 saturated carbocycles. The van der Waals surface area contributed by atoms with Gasteiger partial charge in [0.1, 0.15) is 5.54 Å². The molecule has 0 amide bonds. The fourth-order valence-corrected chi connectivity index (χ4v) is 2.90. The Morgan fingerprint density at radius 2 is 2.24 bits per heavy atom. The molecule has 21 heavy (non-hydrogen) atoms. The third kappa shape index (κ3) is 3.11. The zero-order chi connectivity index (χ0) is 15.7. The SMILES string of the molecule is COCC1(C(=O)O)CCCN1Cc1cnn(C(C)(C)C)c1. The Morgan fingerprint density at radius 3 is 2.76 bits per heavy atom. The zero-order valence-corrected chi connectivity index (χ0v) is 13.3. The van der Waals surface area contributed by atoms with E-state index in [1.807, 2.05) is 22.0 Å². The van der Waals surface area contributed by atoms with Crippen LogP contribution in [-0.4, -0.2) is 51.6 Å². The second-order valence-electron chi connectivity index (χ2n) is 6.76. The van der Waals surface area contributed by atoms with E-state index in [0.717, 1.165) is 18.5 Å². The number of carboxylic acids is 1. The van der Waals surface area contributed by atoms with Crippen molar-refractivity contribution in [2.75, 3.05) is 20.3 Å². The van der Waals surface area contributed by atoms with E-state index in [9.17, 15) is 9.90 Å². The molecule has 118 valence electrons. The predicted octanol–water partition coefficient (Wildman–Crippen LogP) is 1.70. The molecule has 1 aliphatic heterocycles. The fourth-order valence-electron chi connectivity index (χ4n) is 2.90. The second-order valence-corrected chi connectivity index (χ2v) is 6.76. The Hall–Kier alpha value is -1.40. The quantitative estimate of drug-likeness (QED) is 0.895. The lowest BCUT2D eigenvalue weighted by atomic mass is 9.97. The minimum absolute atomic E-state index is 0.0698. The molecule has 1 fully saturated rings. The topological polar surface area (TPSA) is 67.6 Å². The van der Waals surface area contributed by atoms with Gasteiger partial charge in [-0.15, -0.1) is 0 Å². The maximum atomic E-state index is 11.7. The largest absolute Gasteiger partial charge is 0.480 e. The first kappa shape index (κ1) is 16.0. The van der Waals surface area contributed by atoms with Crippen LogP contribution in [-0.2, 0) is 21.6 Å². The minimum atomic E-state index is -0.904. The van der Waals surface area contributed by atoms with Gasteiger partial charge in [0.25, 0.3) is 0 Å². The molecule has 0 radical (unpaired) electrons. The molecule has 1 N–H and O–H groups in total. The highest BCUT2D eigenvalue weighted by molar-refractivity contribution is 5.79. The van der Waals surface area contributed by atoms with E-state index in [0.29, 0.717) is 13.0 Å². The number of likely N-dealkylation sites (tertiary alicyclic amines) is 1. The summed E-state index contributed by atoms with van der Waals surface area (Å²) in [6.07, 6.45) is 5.33. The van der Waals surface area contributed by atoms with Gasteiger partial charge in [-0.1, -0.05) is 0 Å². The summed E-state index contributed by atoms with van der Waals surface area (Å²) in [7, 11) is 1.55. The number of methoxy groups -OCH3 is 1. The lowest BCUT2D eigenvalue weighted by Gasteiger charge is -2.33. The Bertz CT molecular complexity index is 507. The van der Waals surface area contributed by atoms with Crippen LogP contribution in [0.15, 0.2) is 12.4 Å². The number of ether oxygens (including phenoxy) is 1. The molecular weight excluding hydrogens is 270 g/mol. The van der Waals surface area contributed by atoms with Crippen LogP contribution < -0.4 is 0 Å². The molecule has 0 aliphatic carbocycles. The van der Waals surface area contributed by atoms with Crippen LogP contribution in [0.3, 0.4) is 0 Å². The first-order valence-electron chi connectivity index (χ1n) is 7.31. The molecule has 2 heterocycles. The van der Waals surface area contributed by atoms with E-state index >= 15 is 0 Å². The lowest BCUT2D eigenvalue weighted by Crippen LogP contribution is -2.53. The van der Waals surface area contributed by atoms with Crippen molar-refractivity contribution in [3.63, 3.8) is 0 Å². The highest BCUT2D eigenvalue weighted by Crippen LogP contribution is 2.31. The third-order valence-corrected chi connectivity index (χ3v) is 4.10. The first-order valence-corrected chi connectivity index (χ1v) is 7.31. The minimum Gasteiger partial charge on any atom is -0.480 e. The molecular formula is C15H25N3O3. The third-order valence-electron chi connectivity index (χ3n) is 4.10. The van der Waals surface area contributed by atoms with Crippen LogP contribution >= 0.6 is 0 Å². The van der Waals surface area contributed by atoms with Crippen LogP contribution in [0.5, 0.6) is 0 Å². The van der Waals surface area contributed by atoms with Crippen LogP contribution in [0.2, 0.25) is 0 Å². The van der Waals surface area contributed by atoms with Gasteiger partial charge in [0.15, 0.2) is 0 Å². The van der Waals surface area contributed by atoms with Crippen molar-refractivity contribution in [3.05, 3.63) is 18.0 Å². The molecule has 1 unspecified atom stereocenters. The summed E-state index contributed by atoms with van der Waals surface area (Å²) < 4.78 is 7.09. The van der Waals surface area contributed by atoms with Gasteiger partial charge in [-0.05, 0) is 40.2 Å². The van der Waals surface area contributed by atoms with E-state index in [2.05, 4.69) is 25.9 Å². The van der Waals surface area contributed by atoms with Gasteiger partial charge in [0.2, 0.25) is 0 Å². The number of hydrogen-bond donors (Lipinski definition) is 1. The highest BCUT2D eigenvalue weighted by atomic mass is 16.5. The maximum Gasteiger partial charge on any atom is 0.326 e. The summed E-state index contributed by atoms with van der Waals surface area (Å²) in [5.74, 6) is -0.801. The molecule has 1 aliphatic rings. The number of aliphatic carboxylic acids is 1. The number of hydrogen-bond acceptors (Lipinski definition) is 4. The van der Waals surface area contributed by atoms with Gasteiger partial charge in [-0.3, -0.25) is 14.4 Å². The van der Waals surface area contributed by atoms with Crippen molar-refractivity contribution in [3.8, 4) is 0 Å². The normalized spacial score (nSPS) is 23.6. The monoisotopic (exact) mass is 295 g/mol. The van der Waals surface area contributed by atoms with Crippen molar-refractivity contribution >= 4 is 5.97 Å². The number of carbonyl (C=O) groups is 1. The lowest BCUT2D eigenvalue weighted by molar-refractivity contribution is -0.153. The van der Waals surface area contributed by atoms with Crippen molar-refractivity contribution in [2.24, 2.45) is 0 Å². The average molecular weight is 295 g/mol. The number of carboxylic acid groups (broad SMARTS) is 1. The fraction of sp³-hybridized carbons (Fsp3) is 0.733. The van der Waals surface area contributed by atoms with Crippen LogP contribution in [0.25, 0.3) is 0 Å². The van der Waals surface area contributed by atoms with Gasteiger partial charge in [0.05, 0.1) is 18.3 Å². The van der Waals surface area contributed by atoms with Gasteiger partial charge in [-0.2, -0.15) is 5.10 Å². The zero-order valence-electron chi connectivity index (χ0n) is 13.3. The molecule has 2 rings (SSSR count). The van der Waals surface area contributed by atoms with E-state index in [4.69, 9.17) is 4.74 Å². The molecule has 0 aromatic carbocycles. The number of aromatic nitrogens is 2. The smallest absolute Gasteiger partial charge is 0.326 e. The Kier molecular flexibility index (Phi) is 4.39. The van der Waals surface area contributed by atoms with Crippen molar-refractivity contribution in [1.82, 2.24) is 14.7 Å². The summed E-state index contributed by atoms with van der Waals surface area (Å²) in [6.45, 7) is 7.85. The standard InChI is InChI=1S/C15H25N3O3/c1-14(2,3)18-10-12(8-16-18)9-17-7-5-6-15(17,11-21-4)13(19)20/h8,10H,5-7,9,11H2,1-4H3,(H,19,20). The van der Waals surface area contributed by atoms with Crippen LogP contribution in [0, 0.1) is 0 Å². The summed E-state index contributed by atoms with van der Waals surface area (Å²) in [6, 6.07) is 0. The van der Waals surface area contributed by atoms with E-state index in [1.54, 1.807) is 7.11 Å². The van der Waals surface area contributed by atoms with Gasteiger partial charge in [-0.25, -0.2) is 0 Å². The summed E-state index contributed by atoms with van der Waals surface area (Å²) >= 11 is 0. The van der Waals surface area contributed by atoms with Crippen molar-refractivity contribution < 1.29 is 14.6 Å². The predicted molar refractivity (Wildman–Crippen MR) is 79.1 cm³/mol. The van der Waals surface area contributed by atoms with Crippen molar-refractivity contribution in [1.29, 1.82) is 0 Å². The molecule has 1 aromatic heterocycles. The van der Waals surface area contributed by atoms with E-state index in [-0.39, 0.29) is 12.1 Å². The molecule has 1 aromatic rings. The highest BCUT2D eigenvalue weighted by Gasteiger charge is 2.47. The summed E-state index contributed by atoms with van der Waals surface area (Å²) in [4.78, 5) is 13.7. The van der Waals surface area contributed by atoms with E-state index in [1.165, 1.54) is 0 Å². The maximum absolute atomic E-state index is 11.7. The number of nitrogens with zero attached hydrogens (tertiary/aromatic N) is 3. The van der Waals surface area contributed by atoms with Crippen molar-refractivity contribution in [2.45, 2.75) is 51.2 Å². The Labute approximate surface area is 125 Å². The Balaban J connectivity index is 2.17. The second kappa shape index (κ2) is 5.77. The summed E-state index contributed by atoms with van der Waals surface area (Å²) in [5, 5.41) is 14.0. The molecule has 1 atom stereocenters. The van der Waals surface area contributed by atoms with Gasteiger partial charge in [0, 0.05) is 25.4 Å². The first-order chi connectivity index (χ1) is 9.79. The van der Waals surface area contributed by atoms with Gasteiger partial charge >= 0.3 is 5.97 Å². The van der Waals surface area contributed by atoms with E-state index < -0.39 is 11.5 Å². The Morgan fingerprint density at radius 1 is 1.52 bits per heavy atom. The molecule has 0 spiro atoms. The number of rotatable bonds is 5. The van der Waals surface area contributed by atoms with Crippen LogP contribution in [0.1, 0.15) is 39.2 Å².